The first-order valence-electron chi connectivity index (χ1n) is 7.15. The second-order valence-corrected chi connectivity index (χ2v) is 6.56. The van der Waals surface area contributed by atoms with Crippen molar-refractivity contribution in [1.82, 2.24) is 5.32 Å². The average Bonchev–Trinajstić information content (AvgIpc) is 2.84. The molecule has 2 aromatic rings. The Kier molecular flexibility index (Phi) is 2.78. The van der Waals surface area contributed by atoms with Crippen LogP contribution in [0.15, 0.2) is 42.6 Å². The molecule has 0 amide bonds. The summed E-state index contributed by atoms with van der Waals surface area (Å²) < 4.78 is 1.43. The van der Waals surface area contributed by atoms with E-state index in [1.54, 1.807) is 5.56 Å². The first-order valence-corrected chi connectivity index (χ1v) is 7.96. The molecule has 20 heavy (non-hydrogen) atoms. The van der Waals surface area contributed by atoms with Crippen molar-refractivity contribution in [2.75, 3.05) is 0 Å². The zero-order valence-electron chi connectivity index (χ0n) is 11.5. The van der Waals surface area contributed by atoms with E-state index in [-0.39, 0.29) is 0 Å². The number of aryl methyl sites for hydroxylation is 2. The standard InChI is InChI=1S/C18H17NS/c1-12-10-18-15(13-6-2-3-8-17(13)20-18)11-14(12)16-7-4-5-9-19-16/h3-5,7-11,16,19H,2,6H2,1H3. The summed E-state index contributed by atoms with van der Waals surface area (Å²) in [6, 6.07) is 5.06. The molecule has 0 radical (unpaired) electrons. The number of rotatable bonds is 1. The molecule has 0 bridgehead atoms. The fourth-order valence-corrected chi connectivity index (χ4v) is 4.38. The van der Waals surface area contributed by atoms with Crippen LogP contribution in [0.1, 0.15) is 34.0 Å². The highest BCUT2D eigenvalue weighted by Crippen LogP contribution is 2.38. The lowest BCUT2D eigenvalue weighted by Crippen LogP contribution is -2.15. The summed E-state index contributed by atoms with van der Waals surface area (Å²) in [6.45, 7) is 2.22. The van der Waals surface area contributed by atoms with Crippen LogP contribution in [0.2, 0.25) is 0 Å². The number of hydrogen-bond acceptors (Lipinski definition) is 2. The SMILES string of the molecule is Cc1cc2sc3c(c2cc1C1C=CC=CN1)CCC=C3. The van der Waals surface area contributed by atoms with Crippen LogP contribution in [0.5, 0.6) is 0 Å². The first kappa shape index (κ1) is 12.0. The van der Waals surface area contributed by atoms with Crippen LogP contribution >= 0.6 is 11.3 Å². The highest BCUT2D eigenvalue weighted by molar-refractivity contribution is 7.20. The van der Waals surface area contributed by atoms with Gasteiger partial charge in [-0.2, -0.15) is 0 Å². The summed E-state index contributed by atoms with van der Waals surface area (Å²) in [5.74, 6) is 0. The predicted molar refractivity (Wildman–Crippen MR) is 88.1 cm³/mol. The highest BCUT2D eigenvalue weighted by Gasteiger charge is 2.17. The molecule has 1 nitrogen and oxygen atoms in total. The van der Waals surface area contributed by atoms with Gasteiger partial charge in [0.05, 0.1) is 6.04 Å². The third kappa shape index (κ3) is 1.83. The van der Waals surface area contributed by atoms with E-state index in [1.807, 2.05) is 23.6 Å². The van der Waals surface area contributed by atoms with Crippen LogP contribution in [0.4, 0.5) is 0 Å². The molecule has 1 unspecified atom stereocenters. The van der Waals surface area contributed by atoms with Gasteiger partial charge in [-0.3, -0.25) is 0 Å². The minimum absolute atomic E-state index is 0.305. The van der Waals surface area contributed by atoms with Crippen LogP contribution in [-0.4, -0.2) is 0 Å². The van der Waals surface area contributed by atoms with Gasteiger partial charge in [-0.25, -0.2) is 0 Å². The molecule has 4 rings (SSSR count). The molecule has 0 fully saturated rings. The van der Waals surface area contributed by atoms with Crippen molar-refractivity contribution in [2.24, 2.45) is 0 Å². The minimum atomic E-state index is 0.305. The highest BCUT2D eigenvalue weighted by atomic mass is 32.1. The zero-order valence-corrected chi connectivity index (χ0v) is 12.3. The molecule has 1 aromatic heterocycles. The summed E-state index contributed by atoms with van der Waals surface area (Å²) in [7, 11) is 0. The minimum Gasteiger partial charge on any atom is -0.381 e. The first-order chi connectivity index (χ1) is 9.83. The van der Waals surface area contributed by atoms with E-state index in [1.165, 1.54) is 38.9 Å². The van der Waals surface area contributed by atoms with Gasteiger partial charge in [0.2, 0.25) is 0 Å². The molecule has 0 saturated heterocycles. The summed E-state index contributed by atoms with van der Waals surface area (Å²) in [5.41, 5.74) is 4.31. The molecule has 2 heteroatoms. The molecule has 1 aliphatic heterocycles. The van der Waals surface area contributed by atoms with Gasteiger partial charge >= 0.3 is 0 Å². The van der Waals surface area contributed by atoms with Crippen LogP contribution < -0.4 is 5.32 Å². The molecule has 2 aliphatic rings. The van der Waals surface area contributed by atoms with Gasteiger partial charge in [0.1, 0.15) is 0 Å². The van der Waals surface area contributed by atoms with Crippen molar-refractivity contribution in [3.63, 3.8) is 0 Å². The van der Waals surface area contributed by atoms with Crippen molar-refractivity contribution in [1.29, 1.82) is 0 Å². The van der Waals surface area contributed by atoms with E-state index in [2.05, 4.69) is 48.7 Å². The van der Waals surface area contributed by atoms with Crippen LogP contribution in [0.25, 0.3) is 16.2 Å². The Labute approximate surface area is 123 Å². The maximum atomic E-state index is 3.44. The Balaban J connectivity index is 1.90. The molecule has 1 N–H and O–H groups in total. The Morgan fingerprint density at radius 1 is 1.25 bits per heavy atom. The van der Waals surface area contributed by atoms with Crippen molar-refractivity contribution < 1.29 is 0 Å². The molecular formula is C18H17NS. The van der Waals surface area contributed by atoms with Crippen LogP contribution in [0, 0.1) is 6.92 Å². The number of thiophene rings is 1. The summed E-state index contributed by atoms with van der Waals surface area (Å²) in [6.07, 6.45) is 15.4. The molecule has 0 spiro atoms. The fraction of sp³-hybridized carbons (Fsp3) is 0.222. The molecule has 2 heterocycles. The number of benzene rings is 1. The second-order valence-electron chi connectivity index (χ2n) is 5.48. The summed E-state index contributed by atoms with van der Waals surface area (Å²) in [4.78, 5) is 1.45. The fourth-order valence-electron chi connectivity index (χ4n) is 3.12. The van der Waals surface area contributed by atoms with Gasteiger partial charge in [-0.1, -0.05) is 18.2 Å². The maximum absolute atomic E-state index is 3.44. The lowest BCUT2D eigenvalue weighted by molar-refractivity contribution is 0.742. The molecule has 1 atom stereocenters. The van der Waals surface area contributed by atoms with Crippen LogP contribution in [0.3, 0.4) is 0 Å². The number of fused-ring (bicyclic) bond motifs is 3. The van der Waals surface area contributed by atoms with Crippen LogP contribution in [-0.2, 0) is 6.42 Å². The van der Waals surface area contributed by atoms with Gasteiger partial charge in [0, 0.05) is 9.58 Å². The van der Waals surface area contributed by atoms with Gasteiger partial charge in [-0.05, 0) is 72.3 Å². The Morgan fingerprint density at radius 2 is 2.20 bits per heavy atom. The van der Waals surface area contributed by atoms with E-state index in [0.717, 1.165) is 0 Å². The normalized spacial score (nSPS) is 20.1. The van der Waals surface area contributed by atoms with Crippen molar-refractivity contribution in [2.45, 2.75) is 25.8 Å². The summed E-state index contributed by atoms with van der Waals surface area (Å²) in [5, 5.41) is 4.89. The Bertz CT molecular complexity index is 761. The molecular weight excluding hydrogens is 262 g/mol. The van der Waals surface area contributed by atoms with E-state index in [0.29, 0.717) is 6.04 Å². The van der Waals surface area contributed by atoms with Crippen molar-refractivity contribution >= 4 is 27.5 Å². The van der Waals surface area contributed by atoms with Crippen molar-refractivity contribution in [3.8, 4) is 0 Å². The van der Waals surface area contributed by atoms with E-state index in [9.17, 15) is 0 Å². The maximum Gasteiger partial charge on any atom is 0.0698 e. The third-order valence-corrected chi connectivity index (χ3v) is 5.32. The lowest BCUT2D eigenvalue weighted by atomic mass is 9.94. The zero-order chi connectivity index (χ0) is 13.5. The number of dihydropyridines is 1. The number of allylic oxidation sites excluding steroid dienone is 3. The van der Waals surface area contributed by atoms with E-state index in [4.69, 9.17) is 0 Å². The largest absolute Gasteiger partial charge is 0.381 e. The molecule has 1 aromatic carbocycles. The predicted octanol–water partition coefficient (Wildman–Crippen LogP) is 4.88. The van der Waals surface area contributed by atoms with Gasteiger partial charge in [-0.15, -0.1) is 11.3 Å². The smallest absolute Gasteiger partial charge is 0.0698 e. The monoisotopic (exact) mass is 279 g/mol. The Morgan fingerprint density at radius 3 is 3.05 bits per heavy atom. The topological polar surface area (TPSA) is 12.0 Å². The number of hydrogen-bond donors (Lipinski definition) is 1. The van der Waals surface area contributed by atoms with E-state index >= 15 is 0 Å². The van der Waals surface area contributed by atoms with Gasteiger partial charge in [0.15, 0.2) is 0 Å². The van der Waals surface area contributed by atoms with E-state index < -0.39 is 0 Å². The lowest BCUT2D eigenvalue weighted by Gasteiger charge is -2.19. The Hall–Kier alpha value is -1.80. The molecule has 100 valence electrons. The van der Waals surface area contributed by atoms with Gasteiger partial charge < -0.3 is 5.32 Å². The molecule has 0 saturated carbocycles. The molecule has 1 aliphatic carbocycles. The third-order valence-electron chi connectivity index (χ3n) is 4.16. The summed E-state index contributed by atoms with van der Waals surface area (Å²) >= 11 is 1.93. The number of nitrogens with one attached hydrogen (secondary N) is 1. The quantitative estimate of drug-likeness (QED) is 0.784. The van der Waals surface area contributed by atoms with Gasteiger partial charge in [0.25, 0.3) is 0 Å². The average molecular weight is 279 g/mol. The second kappa shape index (κ2) is 4.64. The van der Waals surface area contributed by atoms with Crippen molar-refractivity contribution in [3.05, 3.63) is 64.2 Å².